The van der Waals surface area contributed by atoms with Gasteiger partial charge in [0.2, 0.25) is 0 Å². The normalized spacial score (nSPS) is 12.0. The Balaban J connectivity index is 0.00000169. The molecule has 80 valence electrons. The first-order valence-corrected chi connectivity index (χ1v) is 3.92. The van der Waals surface area contributed by atoms with Crippen molar-refractivity contribution >= 4 is 12.4 Å². The molecule has 3 nitrogen and oxygen atoms in total. The lowest BCUT2D eigenvalue weighted by atomic mass is 10.0. The number of nitrogens with two attached hydrogens (primary N) is 1. The van der Waals surface area contributed by atoms with E-state index in [1.807, 2.05) is 0 Å². The molecule has 0 amide bonds. The van der Waals surface area contributed by atoms with Gasteiger partial charge in [-0.1, -0.05) is 6.07 Å². The molecule has 1 aromatic carbocycles. The zero-order valence-corrected chi connectivity index (χ0v) is 8.51. The van der Waals surface area contributed by atoms with Crippen LogP contribution in [0, 0.1) is 12.7 Å². The number of hydrogen-bond acceptors (Lipinski definition) is 3. The summed E-state index contributed by atoms with van der Waals surface area (Å²) in [6.45, 7) is 1.25. The molecule has 0 saturated carbocycles. The van der Waals surface area contributed by atoms with Crippen LogP contribution in [0.4, 0.5) is 4.39 Å². The van der Waals surface area contributed by atoms with Crippen molar-refractivity contribution in [3.05, 3.63) is 29.1 Å². The Morgan fingerprint density at radius 2 is 2.07 bits per heavy atom. The van der Waals surface area contributed by atoms with Gasteiger partial charge in [0.05, 0.1) is 12.6 Å². The molecule has 0 heterocycles. The molecule has 0 unspecified atom stereocenters. The fourth-order valence-electron chi connectivity index (χ4n) is 1.14. The van der Waals surface area contributed by atoms with Crippen LogP contribution < -0.4 is 5.73 Å². The van der Waals surface area contributed by atoms with Crippen LogP contribution in [0.25, 0.3) is 0 Å². The predicted octanol–water partition coefficient (Wildman–Crippen LogP) is 1.25. The SMILES string of the molecule is Cc1ccc(F)c([C@@H](N)CO)c1O.Cl. The quantitative estimate of drug-likeness (QED) is 0.704. The van der Waals surface area contributed by atoms with Crippen LogP contribution in [-0.4, -0.2) is 16.8 Å². The van der Waals surface area contributed by atoms with Gasteiger partial charge in [-0.2, -0.15) is 0 Å². The second kappa shape index (κ2) is 5.14. The summed E-state index contributed by atoms with van der Waals surface area (Å²) in [5.74, 6) is -0.772. The Kier molecular flexibility index (Phi) is 4.83. The third kappa shape index (κ3) is 2.35. The van der Waals surface area contributed by atoms with Crippen molar-refractivity contribution < 1.29 is 14.6 Å². The second-order valence-corrected chi connectivity index (χ2v) is 2.92. The van der Waals surface area contributed by atoms with Gasteiger partial charge in [0.1, 0.15) is 11.6 Å². The van der Waals surface area contributed by atoms with Crippen molar-refractivity contribution in [3.8, 4) is 5.75 Å². The number of rotatable bonds is 2. The summed E-state index contributed by atoms with van der Waals surface area (Å²) in [6, 6.07) is 1.80. The minimum atomic E-state index is -0.875. The molecule has 0 aliphatic rings. The minimum Gasteiger partial charge on any atom is -0.507 e. The standard InChI is InChI=1S/C9H12FNO2.ClH/c1-5-2-3-6(10)8(9(5)13)7(11)4-12;/h2-3,7,12-13H,4,11H2,1H3;1H/t7-;/m0./s1. The largest absolute Gasteiger partial charge is 0.507 e. The third-order valence-corrected chi connectivity index (χ3v) is 1.93. The van der Waals surface area contributed by atoms with Crippen LogP contribution in [0.3, 0.4) is 0 Å². The van der Waals surface area contributed by atoms with Gasteiger partial charge in [-0.05, 0) is 18.6 Å². The maximum atomic E-state index is 13.1. The second-order valence-electron chi connectivity index (χ2n) is 2.92. The van der Waals surface area contributed by atoms with E-state index in [-0.39, 0.29) is 23.7 Å². The van der Waals surface area contributed by atoms with Crippen molar-refractivity contribution in [1.82, 2.24) is 0 Å². The first-order chi connectivity index (χ1) is 6.07. The van der Waals surface area contributed by atoms with E-state index in [9.17, 15) is 9.50 Å². The molecule has 5 heteroatoms. The monoisotopic (exact) mass is 221 g/mol. The number of aliphatic hydroxyl groups excluding tert-OH is 1. The number of halogens is 2. The summed E-state index contributed by atoms with van der Waals surface area (Å²) in [7, 11) is 0. The van der Waals surface area contributed by atoms with Gasteiger partial charge in [0.25, 0.3) is 0 Å². The molecule has 0 aliphatic carbocycles. The highest BCUT2D eigenvalue weighted by atomic mass is 35.5. The van der Waals surface area contributed by atoms with Crippen LogP contribution in [0.1, 0.15) is 17.2 Å². The molecule has 4 N–H and O–H groups in total. The van der Waals surface area contributed by atoms with Crippen LogP contribution in [-0.2, 0) is 0 Å². The van der Waals surface area contributed by atoms with Crippen LogP contribution in [0.5, 0.6) is 5.75 Å². The lowest BCUT2D eigenvalue weighted by Gasteiger charge is -2.13. The van der Waals surface area contributed by atoms with E-state index in [2.05, 4.69) is 0 Å². The lowest BCUT2D eigenvalue weighted by molar-refractivity contribution is 0.262. The Morgan fingerprint density at radius 1 is 1.50 bits per heavy atom. The summed E-state index contributed by atoms with van der Waals surface area (Å²) < 4.78 is 13.1. The fraction of sp³-hybridized carbons (Fsp3) is 0.333. The molecule has 1 rings (SSSR count). The van der Waals surface area contributed by atoms with Crippen molar-refractivity contribution in [1.29, 1.82) is 0 Å². The lowest BCUT2D eigenvalue weighted by Crippen LogP contribution is -2.16. The van der Waals surface area contributed by atoms with Crippen LogP contribution >= 0.6 is 12.4 Å². The number of aryl methyl sites for hydroxylation is 1. The average Bonchev–Trinajstić information content (AvgIpc) is 2.12. The summed E-state index contributed by atoms with van der Waals surface area (Å²) in [4.78, 5) is 0. The first-order valence-electron chi connectivity index (χ1n) is 3.92. The van der Waals surface area contributed by atoms with E-state index in [4.69, 9.17) is 10.8 Å². The molecule has 0 radical (unpaired) electrons. The zero-order valence-electron chi connectivity index (χ0n) is 7.70. The Hall–Kier alpha value is -0.840. The van der Waals surface area contributed by atoms with Gasteiger partial charge in [0.15, 0.2) is 0 Å². The van der Waals surface area contributed by atoms with E-state index < -0.39 is 18.5 Å². The summed E-state index contributed by atoms with van der Waals surface area (Å²) in [5.41, 5.74) is 5.93. The molecule has 0 aliphatic heterocycles. The highest BCUT2D eigenvalue weighted by molar-refractivity contribution is 5.85. The van der Waals surface area contributed by atoms with Gasteiger partial charge in [-0.3, -0.25) is 0 Å². The molecule has 1 aromatic rings. The zero-order chi connectivity index (χ0) is 10.0. The summed E-state index contributed by atoms with van der Waals surface area (Å²) in [5, 5.41) is 18.2. The summed E-state index contributed by atoms with van der Waals surface area (Å²) >= 11 is 0. The number of phenols is 1. The van der Waals surface area contributed by atoms with Crippen molar-refractivity contribution in [2.75, 3.05) is 6.61 Å². The Labute approximate surface area is 87.8 Å². The topological polar surface area (TPSA) is 66.5 Å². The van der Waals surface area contributed by atoms with Crippen molar-refractivity contribution in [2.24, 2.45) is 5.73 Å². The first kappa shape index (κ1) is 13.2. The molecule has 0 saturated heterocycles. The average molecular weight is 222 g/mol. The number of benzene rings is 1. The Morgan fingerprint density at radius 3 is 2.57 bits per heavy atom. The van der Waals surface area contributed by atoms with Crippen LogP contribution in [0.2, 0.25) is 0 Å². The third-order valence-electron chi connectivity index (χ3n) is 1.93. The predicted molar refractivity (Wildman–Crippen MR) is 54.1 cm³/mol. The van der Waals surface area contributed by atoms with Gasteiger partial charge < -0.3 is 15.9 Å². The molecule has 1 atom stereocenters. The number of hydrogen-bond donors (Lipinski definition) is 3. The smallest absolute Gasteiger partial charge is 0.131 e. The van der Waals surface area contributed by atoms with Gasteiger partial charge in [0, 0.05) is 5.56 Å². The van der Waals surface area contributed by atoms with Gasteiger partial charge in [-0.25, -0.2) is 4.39 Å². The van der Waals surface area contributed by atoms with Gasteiger partial charge in [-0.15, -0.1) is 12.4 Å². The van der Waals surface area contributed by atoms with Crippen molar-refractivity contribution in [3.63, 3.8) is 0 Å². The van der Waals surface area contributed by atoms with Crippen LogP contribution in [0.15, 0.2) is 12.1 Å². The molecule has 0 spiro atoms. The van der Waals surface area contributed by atoms with E-state index in [1.54, 1.807) is 6.92 Å². The van der Waals surface area contributed by atoms with E-state index in [0.29, 0.717) is 5.56 Å². The highest BCUT2D eigenvalue weighted by Crippen LogP contribution is 2.28. The number of phenolic OH excluding ortho intramolecular Hbond substituents is 1. The molecular formula is C9H13ClFNO2. The van der Waals surface area contributed by atoms with E-state index in [0.717, 1.165) is 0 Å². The van der Waals surface area contributed by atoms with E-state index in [1.165, 1.54) is 12.1 Å². The van der Waals surface area contributed by atoms with Gasteiger partial charge >= 0.3 is 0 Å². The molecule has 0 aromatic heterocycles. The molecule has 0 bridgehead atoms. The minimum absolute atomic E-state index is 0. The molecule has 0 fully saturated rings. The highest BCUT2D eigenvalue weighted by Gasteiger charge is 2.16. The molecular weight excluding hydrogens is 209 g/mol. The number of aromatic hydroxyl groups is 1. The summed E-state index contributed by atoms with van der Waals surface area (Å²) in [6.07, 6.45) is 0. The fourth-order valence-corrected chi connectivity index (χ4v) is 1.14. The number of aliphatic hydroxyl groups is 1. The van der Waals surface area contributed by atoms with E-state index >= 15 is 0 Å². The molecule has 14 heavy (non-hydrogen) atoms. The maximum absolute atomic E-state index is 13.1. The Bertz CT molecular complexity index is 320. The van der Waals surface area contributed by atoms with Crippen molar-refractivity contribution in [2.45, 2.75) is 13.0 Å². The maximum Gasteiger partial charge on any atom is 0.131 e.